The summed E-state index contributed by atoms with van der Waals surface area (Å²) in [6, 6.07) is 8.29. The van der Waals surface area contributed by atoms with Gasteiger partial charge in [-0.2, -0.15) is 0 Å². The molecule has 1 saturated heterocycles. The van der Waals surface area contributed by atoms with Crippen LogP contribution in [0.15, 0.2) is 24.3 Å². The lowest BCUT2D eigenvalue weighted by molar-refractivity contribution is -0.135. The molecule has 1 atom stereocenters. The molecule has 0 radical (unpaired) electrons. The molecule has 1 aliphatic heterocycles. The third-order valence-electron chi connectivity index (χ3n) is 3.84. The fraction of sp³-hybridized carbons (Fsp3) is 0.529. The third-order valence-corrected chi connectivity index (χ3v) is 5.10. The minimum Gasteiger partial charge on any atom is -0.344 e. The van der Waals surface area contributed by atoms with Crippen LogP contribution in [0.5, 0.6) is 0 Å². The highest BCUT2D eigenvalue weighted by molar-refractivity contribution is 8.00. The molecule has 0 unspecified atom stereocenters. The summed E-state index contributed by atoms with van der Waals surface area (Å²) in [7, 11) is 1.80. The Morgan fingerprint density at radius 1 is 1.45 bits per heavy atom. The molecule has 120 valence electrons. The van der Waals surface area contributed by atoms with Gasteiger partial charge in [0.2, 0.25) is 11.8 Å². The third kappa shape index (κ3) is 3.83. The number of aryl methyl sites for hydroxylation is 1. The van der Waals surface area contributed by atoms with Crippen LogP contribution >= 0.6 is 11.8 Å². The van der Waals surface area contributed by atoms with Gasteiger partial charge in [0, 0.05) is 26.1 Å². The fourth-order valence-corrected chi connectivity index (χ4v) is 3.81. The molecule has 1 aromatic carbocycles. The summed E-state index contributed by atoms with van der Waals surface area (Å²) in [4.78, 5) is 27.7. The number of hydrogen-bond acceptors (Lipinski definition) is 3. The molecule has 1 aliphatic rings. The number of carbonyl (C=O) groups excluding carboxylic acids is 2. The maximum absolute atomic E-state index is 12.2. The van der Waals surface area contributed by atoms with E-state index in [4.69, 9.17) is 0 Å². The molecule has 0 bridgehead atoms. The van der Waals surface area contributed by atoms with Gasteiger partial charge in [0.05, 0.1) is 5.75 Å². The Morgan fingerprint density at radius 2 is 2.18 bits per heavy atom. The Balaban J connectivity index is 2.04. The monoisotopic (exact) mass is 320 g/mol. The van der Waals surface area contributed by atoms with Crippen molar-refractivity contribution in [1.82, 2.24) is 9.80 Å². The minimum atomic E-state index is -0.0128. The van der Waals surface area contributed by atoms with E-state index in [0.29, 0.717) is 18.8 Å². The second-order valence-corrected chi connectivity index (χ2v) is 7.15. The molecule has 22 heavy (non-hydrogen) atoms. The maximum Gasteiger partial charge on any atom is 0.233 e. The van der Waals surface area contributed by atoms with E-state index in [2.05, 4.69) is 25.1 Å². The molecule has 1 aromatic rings. The van der Waals surface area contributed by atoms with E-state index in [-0.39, 0.29) is 23.1 Å². The first-order chi connectivity index (χ1) is 10.4. The summed E-state index contributed by atoms with van der Waals surface area (Å²) in [5.74, 6) is 0.773. The van der Waals surface area contributed by atoms with Crippen molar-refractivity contribution in [2.24, 2.45) is 5.92 Å². The van der Waals surface area contributed by atoms with Crippen LogP contribution in [0.1, 0.15) is 30.3 Å². The van der Waals surface area contributed by atoms with Crippen LogP contribution in [0, 0.1) is 12.8 Å². The zero-order chi connectivity index (χ0) is 16.3. The van der Waals surface area contributed by atoms with Crippen LogP contribution in [0.25, 0.3) is 0 Å². The summed E-state index contributed by atoms with van der Waals surface area (Å²) in [6.07, 6.45) is 0. The van der Waals surface area contributed by atoms with Gasteiger partial charge in [0.25, 0.3) is 0 Å². The zero-order valence-electron chi connectivity index (χ0n) is 13.7. The molecule has 2 rings (SSSR count). The van der Waals surface area contributed by atoms with Crippen molar-refractivity contribution >= 4 is 23.6 Å². The van der Waals surface area contributed by atoms with E-state index in [1.807, 2.05) is 24.8 Å². The number of nitrogens with zero attached hydrogens (tertiary/aromatic N) is 2. The normalized spacial score (nSPS) is 18.1. The SMILES string of the molecule is Cc1cccc([C@@H]2SCC(=O)N2CCN(C)C(=O)C(C)C)c1. The molecule has 1 heterocycles. The summed E-state index contributed by atoms with van der Waals surface area (Å²) >= 11 is 1.66. The Kier molecular flexibility index (Phi) is 5.51. The van der Waals surface area contributed by atoms with Crippen LogP contribution in [0.4, 0.5) is 0 Å². The highest BCUT2D eigenvalue weighted by Crippen LogP contribution is 2.38. The predicted octanol–water partition coefficient (Wildman–Crippen LogP) is 2.68. The highest BCUT2D eigenvalue weighted by Gasteiger charge is 2.32. The standard InChI is InChI=1S/C17H24N2O2S/c1-12(2)16(21)18(4)8-9-19-15(20)11-22-17(19)14-7-5-6-13(3)10-14/h5-7,10,12,17H,8-9,11H2,1-4H3/t17-/m0/s1. The lowest BCUT2D eigenvalue weighted by atomic mass is 10.1. The van der Waals surface area contributed by atoms with Crippen molar-refractivity contribution in [3.8, 4) is 0 Å². The molecule has 0 N–H and O–H groups in total. The Hall–Kier alpha value is -1.49. The number of thioether (sulfide) groups is 1. The van der Waals surface area contributed by atoms with Crippen molar-refractivity contribution in [2.45, 2.75) is 26.1 Å². The van der Waals surface area contributed by atoms with Gasteiger partial charge in [0.15, 0.2) is 0 Å². The van der Waals surface area contributed by atoms with Gasteiger partial charge >= 0.3 is 0 Å². The largest absolute Gasteiger partial charge is 0.344 e. The predicted molar refractivity (Wildman–Crippen MR) is 90.6 cm³/mol. The number of rotatable bonds is 5. The second kappa shape index (κ2) is 7.18. The molecule has 5 heteroatoms. The van der Waals surface area contributed by atoms with E-state index in [0.717, 1.165) is 5.56 Å². The Morgan fingerprint density at radius 3 is 2.82 bits per heavy atom. The smallest absolute Gasteiger partial charge is 0.233 e. The topological polar surface area (TPSA) is 40.6 Å². The summed E-state index contributed by atoms with van der Waals surface area (Å²) in [5.41, 5.74) is 2.36. The van der Waals surface area contributed by atoms with Crippen LogP contribution in [0.3, 0.4) is 0 Å². The lowest BCUT2D eigenvalue weighted by Crippen LogP contribution is -2.39. The maximum atomic E-state index is 12.2. The number of carbonyl (C=O) groups is 2. The molecule has 1 fully saturated rings. The molecule has 0 aliphatic carbocycles. The van der Waals surface area contributed by atoms with Gasteiger partial charge in [-0.3, -0.25) is 9.59 Å². The number of amides is 2. The molecule has 0 spiro atoms. The minimum absolute atomic E-state index is 0.0128. The highest BCUT2D eigenvalue weighted by atomic mass is 32.2. The number of benzene rings is 1. The molecule has 4 nitrogen and oxygen atoms in total. The first-order valence-electron chi connectivity index (χ1n) is 7.62. The quantitative estimate of drug-likeness (QED) is 0.837. The molecule has 0 saturated carbocycles. The lowest BCUT2D eigenvalue weighted by Gasteiger charge is -2.27. The molecular weight excluding hydrogens is 296 g/mol. The Labute approximate surface area is 136 Å². The average molecular weight is 320 g/mol. The van der Waals surface area contributed by atoms with Gasteiger partial charge in [0.1, 0.15) is 5.37 Å². The summed E-state index contributed by atoms with van der Waals surface area (Å²) < 4.78 is 0. The average Bonchev–Trinajstić information content (AvgIpc) is 2.85. The Bertz CT molecular complexity index is 559. The zero-order valence-corrected chi connectivity index (χ0v) is 14.5. The van der Waals surface area contributed by atoms with Gasteiger partial charge in [-0.1, -0.05) is 43.7 Å². The van der Waals surface area contributed by atoms with Crippen LogP contribution in [-0.2, 0) is 9.59 Å². The van der Waals surface area contributed by atoms with E-state index in [9.17, 15) is 9.59 Å². The van der Waals surface area contributed by atoms with E-state index in [1.54, 1.807) is 23.7 Å². The van der Waals surface area contributed by atoms with Crippen molar-refractivity contribution in [3.05, 3.63) is 35.4 Å². The van der Waals surface area contributed by atoms with Crippen molar-refractivity contribution in [3.63, 3.8) is 0 Å². The fourth-order valence-electron chi connectivity index (χ4n) is 2.60. The van der Waals surface area contributed by atoms with E-state index in [1.165, 1.54) is 5.56 Å². The van der Waals surface area contributed by atoms with Gasteiger partial charge in [-0.25, -0.2) is 0 Å². The van der Waals surface area contributed by atoms with Crippen LogP contribution in [-0.4, -0.2) is 47.5 Å². The van der Waals surface area contributed by atoms with Gasteiger partial charge < -0.3 is 9.80 Å². The number of likely N-dealkylation sites (N-methyl/N-ethyl adjacent to an activating group) is 1. The van der Waals surface area contributed by atoms with Crippen LogP contribution in [0.2, 0.25) is 0 Å². The molecule has 0 aromatic heterocycles. The first-order valence-corrected chi connectivity index (χ1v) is 8.67. The van der Waals surface area contributed by atoms with Crippen LogP contribution < -0.4 is 0 Å². The van der Waals surface area contributed by atoms with Gasteiger partial charge in [-0.15, -0.1) is 11.8 Å². The van der Waals surface area contributed by atoms with E-state index >= 15 is 0 Å². The summed E-state index contributed by atoms with van der Waals surface area (Å²) in [6.45, 7) is 7.01. The summed E-state index contributed by atoms with van der Waals surface area (Å²) in [5, 5.41) is 0.0648. The second-order valence-electron chi connectivity index (χ2n) is 6.08. The van der Waals surface area contributed by atoms with Crippen molar-refractivity contribution < 1.29 is 9.59 Å². The van der Waals surface area contributed by atoms with Crippen molar-refractivity contribution in [2.75, 3.05) is 25.9 Å². The van der Waals surface area contributed by atoms with Gasteiger partial charge in [-0.05, 0) is 12.5 Å². The number of hydrogen-bond donors (Lipinski definition) is 0. The molecular formula is C17H24N2O2S. The molecule has 2 amide bonds. The van der Waals surface area contributed by atoms with E-state index < -0.39 is 0 Å². The first kappa shape index (κ1) is 16.9. The van der Waals surface area contributed by atoms with Crippen molar-refractivity contribution in [1.29, 1.82) is 0 Å².